The van der Waals surface area contributed by atoms with Gasteiger partial charge in [0.05, 0.1) is 17.1 Å². The Morgan fingerprint density at radius 3 is 2.81 bits per heavy atom. The average molecular weight is 385 g/mol. The molecule has 7 nitrogen and oxygen atoms in total. The SMILES string of the molecule is Cc1nc2cccc(NC(=O)c3cccc(N4CCCCS4(=O)=O)c3)c2o1. The van der Waals surface area contributed by atoms with Crippen LogP contribution in [0.15, 0.2) is 46.9 Å². The highest BCUT2D eigenvalue weighted by Crippen LogP contribution is 2.27. The van der Waals surface area contributed by atoms with E-state index in [0.717, 1.165) is 6.42 Å². The summed E-state index contributed by atoms with van der Waals surface area (Å²) in [4.78, 5) is 17.0. The number of rotatable bonds is 3. The third kappa shape index (κ3) is 3.40. The molecule has 0 aliphatic carbocycles. The van der Waals surface area contributed by atoms with Crippen LogP contribution >= 0.6 is 0 Å². The molecule has 0 atom stereocenters. The quantitative estimate of drug-likeness (QED) is 0.747. The second kappa shape index (κ2) is 6.70. The molecule has 1 aliphatic heterocycles. The van der Waals surface area contributed by atoms with Crippen LogP contribution in [-0.4, -0.2) is 31.6 Å². The van der Waals surface area contributed by atoms with Crippen molar-refractivity contribution in [3.05, 3.63) is 53.9 Å². The molecule has 1 aliphatic rings. The number of carbonyl (C=O) groups is 1. The zero-order valence-electron chi connectivity index (χ0n) is 14.8. The van der Waals surface area contributed by atoms with Crippen LogP contribution in [0.3, 0.4) is 0 Å². The molecule has 1 aromatic heterocycles. The van der Waals surface area contributed by atoms with Crippen molar-refractivity contribution in [2.24, 2.45) is 0 Å². The Kier molecular flexibility index (Phi) is 4.35. The van der Waals surface area contributed by atoms with Crippen molar-refractivity contribution in [1.29, 1.82) is 0 Å². The molecular weight excluding hydrogens is 366 g/mol. The zero-order valence-corrected chi connectivity index (χ0v) is 15.6. The van der Waals surface area contributed by atoms with Crippen LogP contribution in [0.25, 0.3) is 11.1 Å². The molecule has 1 saturated heterocycles. The Bertz CT molecular complexity index is 1120. The van der Waals surface area contributed by atoms with Crippen LogP contribution < -0.4 is 9.62 Å². The van der Waals surface area contributed by atoms with E-state index in [0.29, 0.717) is 46.9 Å². The number of aromatic nitrogens is 1. The Hall–Kier alpha value is -2.87. The van der Waals surface area contributed by atoms with Gasteiger partial charge in [0, 0.05) is 19.0 Å². The van der Waals surface area contributed by atoms with Gasteiger partial charge in [-0.2, -0.15) is 0 Å². The summed E-state index contributed by atoms with van der Waals surface area (Å²) in [6, 6.07) is 12.0. The van der Waals surface area contributed by atoms with Crippen LogP contribution in [0.2, 0.25) is 0 Å². The number of oxazole rings is 1. The first kappa shape index (κ1) is 17.5. The number of sulfonamides is 1. The van der Waals surface area contributed by atoms with Gasteiger partial charge in [-0.05, 0) is 43.2 Å². The molecule has 4 rings (SSSR count). The molecule has 1 N–H and O–H groups in total. The molecule has 2 heterocycles. The minimum atomic E-state index is -3.33. The number of carbonyl (C=O) groups excluding carboxylic acids is 1. The number of anilines is 2. The van der Waals surface area contributed by atoms with Gasteiger partial charge in [-0.3, -0.25) is 9.10 Å². The molecule has 2 aromatic carbocycles. The van der Waals surface area contributed by atoms with E-state index in [2.05, 4.69) is 10.3 Å². The van der Waals surface area contributed by atoms with E-state index in [9.17, 15) is 13.2 Å². The maximum absolute atomic E-state index is 12.7. The van der Waals surface area contributed by atoms with Crippen molar-refractivity contribution in [2.45, 2.75) is 19.8 Å². The van der Waals surface area contributed by atoms with E-state index < -0.39 is 10.0 Å². The second-order valence-corrected chi connectivity index (χ2v) is 8.50. The van der Waals surface area contributed by atoms with Crippen molar-refractivity contribution in [2.75, 3.05) is 21.9 Å². The maximum atomic E-state index is 12.7. The van der Waals surface area contributed by atoms with E-state index in [1.54, 1.807) is 43.3 Å². The highest BCUT2D eigenvalue weighted by atomic mass is 32.2. The number of amides is 1. The fourth-order valence-electron chi connectivity index (χ4n) is 3.23. The molecule has 0 unspecified atom stereocenters. The van der Waals surface area contributed by atoms with Crippen LogP contribution in [0, 0.1) is 6.92 Å². The molecular formula is C19H19N3O4S. The molecule has 0 radical (unpaired) electrons. The molecule has 0 bridgehead atoms. The summed E-state index contributed by atoms with van der Waals surface area (Å²) < 4.78 is 31.6. The molecule has 1 fully saturated rings. The van der Waals surface area contributed by atoms with Crippen molar-refractivity contribution >= 4 is 38.4 Å². The normalized spacial score (nSPS) is 16.4. The Morgan fingerprint density at radius 1 is 1.19 bits per heavy atom. The van der Waals surface area contributed by atoms with Crippen molar-refractivity contribution in [3.8, 4) is 0 Å². The van der Waals surface area contributed by atoms with Crippen LogP contribution in [0.4, 0.5) is 11.4 Å². The molecule has 1 amide bonds. The van der Waals surface area contributed by atoms with E-state index in [4.69, 9.17) is 4.42 Å². The average Bonchev–Trinajstić information content (AvgIpc) is 3.03. The summed E-state index contributed by atoms with van der Waals surface area (Å²) in [7, 11) is -3.33. The van der Waals surface area contributed by atoms with Gasteiger partial charge in [0.25, 0.3) is 5.91 Å². The third-order valence-electron chi connectivity index (χ3n) is 4.52. The van der Waals surface area contributed by atoms with Gasteiger partial charge in [0.1, 0.15) is 5.52 Å². The summed E-state index contributed by atoms with van der Waals surface area (Å²) in [6.45, 7) is 2.18. The van der Waals surface area contributed by atoms with Gasteiger partial charge in [0.2, 0.25) is 10.0 Å². The first-order valence-electron chi connectivity index (χ1n) is 8.72. The summed E-state index contributed by atoms with van der Waals surface area (Å²) in [5, 5.41) is 2.82. The minimum Gasteiger partial charge on any atom is -0.439 e. The Morgan fingerprint density at radius 2 is 2.00 bits per heavy atom. The van der Waals surface area contributed by atoms with Crippen molar-refractivity contribution < 1.29 is 17.6 Å². The molecule has 0 saturated carbocycles. The summed E-state index contributed by atoms with van der Waals surface area (Å²) in [6.07, 6.45) is 1.47. The lowest BCUT2D eigenvalue weighted by Crippen LogP contribution is -2.37. The molecule has 3 aromatic rings. The monoisotopic (exact) mass is 385 g/mol. The minimum absolute atomic E-state index is 0.135. The zero-order chi connectivity index (χ0) is 19.0. The highest BCUT2D eigenvalue weighted by Gasteiger charge is 2.26. The fraction of sp³-hybridized carbons (Fsp3) is 0.263. The van der Waals surface area contributed by atoms with E-state index in [1.807, 2.05) is 6.07 Å². The summed E-state index contributed by atoms with van der Waals surface area (Å²) in [5.74, 6) is 0.313. The highest BCUT2D eigenvalue weighted by molar-refractivity contribution is 7.92. The summed E-state index contributed by atoms with van der Waals surface area (Å²) >= 11 is 0. The van der Waals surface area contributed by atoms with Gasteiger partial charge in [-0.1, -0.05) is 12.1 Å². The number of benzene rings is 2. The first-order chi connectivity index (χ1) is 12.9. The lowest BCUT2D eigenvalue weighted by molar-refractivity contribution is 0.102. The smallest absolute Gasteiger partial charge is 0.255 e. The lowest BCUT2D eigenvalue weighted by Gasteiger charge is -2.28. The Labute approximate surface area is 157 Å². The van der Waals surface area contributed by atoms with Crippen molar-refractivity contribution in [3.63, 3.8) is 0 Å². The van der Waals surface area contributed by atoms with Gasteiger partial charge < -0.3 is 9.73 Å². The van der Waals surface area contributed by atoms with Gasteiger partial charge in [-0.15, -0.1) is 0 Å². The van der Waals surface area contributed by atoms with Crippen LogP contribution in [0.1, 0.15) is 29.1 Å². The van der Waals surface area contributed by atoms with Gasteiger partial charge in [-0.25, -0.2) is 13.4 Å². The molecule has 140 valence electrons. The third-order valence-corrected chi connectivity index (χ3v) is 6.39. The standard InChI is InChI=1S/C19H19N3O4S/c1-13-20-16-8-5-9-17(18(16)26-13)21-19(23)14-6-4-7-15(12-14)22-10-2-3-11-27(22,24)25/h4-9,12H,2-3,10-11H2,1H3,(H,21,23). The molecule has 27 heavy (non-hydrogen) atoms. The first-order valence-corrected chi connectivity index (χ1v) is 10.3. The second-order valence-electron chi connectivity index (χ2n) is 6.49. The number of para-hydroxylation sites is 1. The number of hydrogen-bond acceptors (Lipinski definition) is 5. The van der Waals surface area contributed by atoms with Gasteiger partial charge in [0.15, 0.2) is 11.5 Å². The Balaban J connectivity index is 1.63. The maximum Gasteiger partial charge on any atom is 0.255 e. The number of hydrogen-bond donors (Lipinski definition) is 1. The number of nitrogens with zero attached hydrogens (tertiary/aromatic N) is 2. The van der Waals surface area contributed by atoms with E-state index in [-0.39, 0.29) is 11.7 Å². The van der Waals surface area contributed by atoms with Crippen molar-refractivity contribution in [1.82, 2.24) is 4.98 Å². The summed E-state index contributed by atoms with van der Waals surface area (Å²) in [5.41, 5.74) is 2.59. The largest absolute Gasteiger partial charge is 0.439 e. The lowest BCUT2D eigenvalue weighted by atomic mass is 10.1. The van der Waals surface area contributed by atoms with Crippen LogP contribution in [-0.2, 0) is 10.0 Å². The number of aryl methyl sites for hydroxylation is 1. The fourth-order valence-corrected chi connectivity index (χ4v) is 4.87. The molecule has 0 spiro atoms. The van der Waals surface area contributed by atoms with E-state index in [1.165, 1.54) is 4.31 Å². The number of fused-ring (bicyclic) bond motifs is 1. The predicted octanol–water partition coefficient (Wildman–Crippen LogP) is 3.32. The van der Waals surface area contributed by atoms with Gasteiger partial charge >= 0.3 is 0 Å². The van der Waals surface area contributed by atoms with Crippen LogP contribution in [0.5, 0.6) is 0 Å². The number of nitrogens with one attached hydrogen (secondary N) is 1. The molecule has 8 heteroatoms. The van der Waals surface area contributed by atoms with E-state index >= 15 is 0 Å². The predicted molar refractivity (Wildman–Crippen MR) is 104 cm³/mol. The topological polar surface area (TPSA) is 92.5 Å².